The van der Waals surface area contributed by atoms with Crippen LogP contribution < -0.4 is 10.5 Å². The summed E-state index contributed by atoms with van der Waals surface area (Å²) in [6.45, 7) is 2.07. The normalized spacial score (nSPS) is 13.6. The minimum Gasteiger partial charge on any atom is -0.328 e. The molecule has 0 aliphatic rings. The van der Waals surface area contributed by atoms with Crippen LogP contribution in [0.5, 0.6) is 0 Å². The molecule has 1 atom stereocenters. The van der Waals surface area contributed by atoms with Gasteiger partial charge in [0, 0.05) is 17.1 Å². The predicted octanol–water partition coefficient (Wildman–Crippen LogP) is 2.77. The number of nitrogens with one attached hydrogen (secondary N) is 1. The van der Waals surface area contributed by atoms with Crippen molar-refractivity contribution in [1.82, 2.24) is 4.72 Å². The lowest BCUT2D eigenvalue weighted by Crippen LogP contribution is -2.29. The molecule has 1 aromatic rings. The molecule has 0 aromatic heterocycles. The maximum Gasteiger partial charge on any atom is 0.242 e. The highest BCUT2D eigenvalue weighted by atomic mass is 79.9. The van der Waals surface area contributed by atoms with Gasteiger partial charge >= 0.3 is 0 Å². The first-order valence-corrected chi connectivity index (χ1v) is 8.17. The number of hydrogen-bond acceptors (Lipinski definition) is 3. The van der Waals surface area contributed by atoms with E-state index < -0.39 is 10.0 Å². The maximum atomic E-state index is 12.0. The molecule has 0 saturated heterocycles. The molecule has 1 rings (SSSR count). The van der Waals surface area contributed by atoms with Crippen molar-refractivity contribution < 1.29 is 8.42 Å². The topological polar surface area (TPSA) is 72.2 Å². The fourth-order valence-electron chi connectivity index (χ4n) is 1.21. The quantitative estimate of drug-likeness (QED) is 0.777. The Balaban J connectivity index is 2.95. The summed E-state index contributed by atoms with van der Waals surface area (Å²) in [5.41, 5.74) is 5.55. The van der Waals surface area contributed by atoms with Crippen LogP contribution in [0.15, 0.2) is 21.5 Å². The van der Waals surface area contributed by atoms with Gasteiger partial charge in [0.05, 0.1) is 10.0 Å². The Morgan fingerprint density at radius 3 is 2.56 bits per heavy atom. The number of benzene rings is 1. The van der Waals surface area contributed by atoms with E-state index in [1.807, 2.05) is 0 Å². The van der Waals surface area contributed by atoms with Gasteiger partial charge < -0.3 is 5.73 Å². The molecular formula is C10H13BrCl2N2O2S. The van der Waals surface area contributed by atoms with Crippen molar-refractivity contribution in [3.8, 4) is 0 Å². The van der Waals surface area contributed by atoms with E-state index in [0.29, 0.717) is 15.9 Å². The smallest absolute Gasteiger partial charge is 0.242 e. The molecule has 0 saturated carbocycles. The molecule has 18 heavy (non-hydrogen) atoms. The van der Waals surface area contributed by atoms with E-state index in [1.54, 1.807) is 6.92 Å². The third-order valence-electron chi connectivity index (χ3n) is 2.16. The fraction of sp³-hybridized carbons (Fsp3) is 0.400. The van der Waals surface area contributed by atoms with Crippen molar-refractivity contribution in [3.63, 3.8) is 0 Å². The molecule has 0 amide bonds. The number of sulfonamides is 1. The molecule has 0 fully saturated rings. The average molecular weight is 376 g/mol. The van der Waals surface area contributed by atoms with E-state index in [0.717, 1.165) is 0 Å². The van der Waals surface area contributed by atoms with Crippen molar-refractivity contribution in [2.45, 2.75) is 24.3 Å². The number of hydrogen-bond donors (Lipinski definition) is 2. The van der Waals surface area contributed by atoms with Gasteiger partial charge in [-0.25, -0.2) is 13.1 Å². The Labute approximate surface area is 125 Å². The molecule has 1 unspecified atom stereocenters. The van der Waals surface area contributed by atoms with Crippen LogP contribution in [0.1, 0.15) is 13.3 Å². The van der Waals surface area contributed by atoms with Gasteiger partial charge in [0.1, 0.15) is 4.90 Å². The number of nitrogens with two attached hydrogens (primary N) is 1. The zero-order valence-corrected chi connectivity index (χ0v) is 13.5. The largest absolute Gasteiger partial charge is 0.328 e. The van der Waals surface area contributed by atoms with Crippen molar-refractivity contribution in [3.05, 3.63) is 26.7 Å². The lowest BCUT2D eigenvalue weighted by atomic mass is 10.3. The first kappa shape index (κ1) is 16.2. The van der Waals surface area contributed by atoms with Gasteiger partial charge in [-0.1, -0.05) is 23.2 Å². The van der Waals surface area contributed by atoms with E-state index in [9.17, 15) is 8.42 Å². The van der Waals surface area contributed by atoms with Crippen molar-refractivity contribution in [2.75, 3.05) is 6.54 Å². The Kier molecular flexibility index (Phi) is 5.89. The van der Waals surface area contributed by atoms with Crippen LogP contribution in [-0.2, 0) is 10.0 Å². The Bertz CT molecular complexity index is 535. The van der Waals surface area contributed by atoms with E-state index in [1.165, 1.54) is 12.1 Å². The molecule has 0 aliphatic carbocycles. The number of rotatable bonds is 5. The van der Waals surface area contributed by atoms with Crippen LogP contribution in [-0.4, -0.2) is 21.0 Å². The summed E-state index contributed by atoms with van der Waals surface area (Å²) in [4.78, 5) is -0.00915. The van der Waals surface area contributed by atoms with Gasteiger partial charge in [-0.3, -0.25) is 0 Å². The standard InChI is InChI=1S/C10H13BrCl2N2O2S/c1-6(14)2-3-15-18(16,17)10-4-7(11)8(12)5-9(10)13/h4-6,15H,2-3,14H2,1H3. The van der Waals surface area contributed by atoms with E-state index in [4.69, 9.17) is 28.9 Å². The Morgan fingerprint density at radius 1 is 1.39 bits per heavy atom. The van der Waals surface area contributed by atoms with Gasteiger partial charge in [-0.15, -0.1) is 0 Å². The molecule has 0 aliphatic heterocycles. The van der Waals surface area contributed by atoms with Crippen LogP contribution >= 0.6 is 39.1 Å². The molecule has 1 aromatic carbocycles. The fourth-order valence-corrected chi connectivity index (χ4v) is 3.52. The number of halogens is 3. The van der Waals surface area contributed by atoms with Gasteiger partial charge in [0.2, 0.25) is 10.0 Å². The minimum absolute atomic E-state index is 0.00915. The van der Waals surface area contributed by atoms with Crippen molar-refractivity contribution in [1.29, 1.82) is 0 Å². The monoisotopic (exact) mass is 374 g/mol. The zero-order valence-electron chi connectivity index (χ0n) is 9.58. The SMILES string of the molecule is CC(N)CCNS(=O)(=O)c1cc(Br)c(Cl)cc1Cl. The van der Waals surface area contributed by atoms with Crippen LogP contribution in [0.2, 0.25) is 10.0 Å². The molecule has 8 heteroatoms. The van der Waals surface area contributed by atoms with E-state index in [2.05, 4.69) is 20.7 Å². The predicted molar refractivity (Wildman–Crippen MR) is 77.6 cm³/mol. The second-order valence-corrected chi connectivity index (χ2v) is 7.26. The summed E-state index contributed by atoms with van der Waals surface area (Å²) in [6, 6.07) is 2.69. The first-order chi connectivity index (χ1) is 8.24. The zero-order chi connectivity index (χ0) is 13.9. The summed E-state index contributed by atoms with van der Waals surface area (Å²) < 4.78 is 26.9. The highest BCUT2D eigenvalue weighted by Crippen LogP contribution is 2.31. The first-order valence-electron chi connectivity index (χ1n) is 5.14. The summed E-state index contributed by atoms with van der Waals surface area (Å²) in [5, 5.41) is 0.436. The van der Waals surface area contributed by atoms with Crippen LogP contribution in [0, 0.1) is 0 Å². The lowest BCUT2D eigenvalue weighted by Gasteiger charge is -2.10. The molecule has 0 heterocycles. The Morgan fingerprint density at radius 2 is 2.00 bits per heavy atom. The van der Waals surface area contributed by atoms with Crippen LogP contribution in [0.25, 0.3) is 0 Å². The Hall–Kier alpha value is 0.150. The lowest BCUT2D eigenvalue weighted by molar-refractivity contribution is 0.572. The van der Waals surface area contributed by atoms with Gasteiger partial charge in [0.25, 0.3) is 0 Å². The molecule has 3 N–H and O–H groups in total. The average Bonchev–Trinajstić information content (AvgIpc) is 2.22. The summed E-state index contributed by atoms with van der Waals surface area (Å²) in [7, 11) is -3.65. The van der Waals surface area contributed by atoms with Crippen LogP contribution in [0.4, 0.5) is 0 Å². The molecule has 4 nitrogen and oxygen atoms in total. The highest BCUT2D eigenvalue weighted by Gasteiger charge is 2.19. The molecule has 0 bridgehead atoms. The summed E-state index contributed by atoms with van der Waals surface area (Å²) >= 11 is 14.9. The maximum absolute atomic E-state index is 12.0. The third-order valence-corrected chi connectivity index (χ3v) is 5.28. The van der Waals surface area contributed by atoms with Gasteiger partial charge in [-0.2, -0.15) is 0 Å². The van der Waals surface area contributed by atoms with Gasteiger partial charge in [-0.05, 0) is 41.4 Å². The third kappa shape index (κ3) is 4.36. The molecule has 0 radical (unpaired) electrons. The van der Waals surface area contributed by atoms with E-state index in [-0.39, 0.29) is 22.5 Å². The highest BCUT2D eigenvalue weighted by molar-refractivity contribution is 9.10. The second kappa shape index (κ2) is 6.54. The van der Waals surface area contributed by atoms with Gasteiger partial charge in [0.15, 0.2) is 0 Å². The second-order valence-electron chi connectivity index (χ2n) is 3.86. The summed E-state index contributed by atoms with van der Waals surface area (Å²) in [6.07, 6.45) is 0.547. The molecule has 0 spiro atoms. The van der Waals surface area contributed by atoms with Crippen molar-refractivity contribution >= 4 is 49.2 Å². The van der Waals surface area contributed by atoms with Crippen molar-refractivity contribution in [2.24, 2.45) is 5.73 Å². The molecular weight excluding hydrogens is 363 g/mol. The van der Waals surface area contributed by atoms with Crippen LogP contribution in [0.3, 0.4) is 0 Å². The summed E-state index contributed by atoms with van der Waals surface area (Å²) in [5.74, 6) is 0. The molecule has 102 valence electrons. The van der Waals surface area contributed by atoms with E-state index >= 15 is 0 Å². The minimum atomic E-state index is -3.65.